The molecule has 144 valence electrons. The molecule has 0 bridgehead atoms. The molecule has 1 aliphatic rings. The zero-order chi connectivity index (χ0) is 19.7. The number of hydrogen-bond donors (Lipinski definition) is 1. The standard InChI is InChI=1S/C22H22ClN3O2/c1-3-7-17-19(21(27)28-4-2)20(14-10-12-15(23)13-11-14)26-18-9-6-5-8-16(18)24-22(26)25-17/h5-6,8-13,20H,3-4,7H2,1-2H3,(H,24,25). The van der Waals surface area contributed by atoms with Crippen LogP contribution < -0.4 is 5.32 Å². The lowest BCUT2D eigenvalue weighted by molar-refractivity contribution is -0.139. The summed E-state index contributed by atoms with van der Waals surface area (Å²) in [5.41, 5.74) is 4.30. The highest BCUT2D eigenvalue weighted by Crippen LogP contribution is 2.40. The Morgan fingerprint density at radius 1 is 1.18 bits per heavy atom. The highest BCUT2D eigenvalue weighted by molar-refractivity contribution is 6.30. The number of allylic oxidation sites excluding steroid dienone is 1. The molecule has 2 heterocycles. The number of carbonyl (C=O) groups is 1. The lowest BCUT2D eigenvalue weighted by Crippen LogP contribution is -2.29. The molecule has 0 saturated heterocycles. The summed E-state index contributed by atoms with van der Waals surface area (Å²) >= 11 is 6.12. The number of halogens is 1. The van der Waals surface area contributed by atoms with Crippen molar-refractivity contribution in [2.75, 3.05) is 11.9 Å². The Morgan fingerprint density at radius 3 is 2.64 bits per heavy atom. The number of carbonyl (C=O) groups excluding carboxylic acids is 1. The van der Waals surface area contributed by atoms with Crippen LogP contribution in [-0.4, -0.2) is 22.1 Å². The summed E-state index contributed by atoms with van der Waals surface area (Å²) in [5, 5.41) is 4.05. The lowest BCUT2D eigenvalue weighted by Gasteiger charge is -2.31. The van der Waals surface area contributed by atoms with Gasteiger partial charge in [-0.3, -0.25) is 4.57 Å². The van der Waals surface area contributed by atoms with E-state index in [0.717, 1.165) is 41.1 Å². The predicted octanol–water partition coefficient (Wildman–Crippen LogP) is 5.32. The first kappa shape index (κ1) is 18.6. The van der Waals surface area contributed by atoms with Crippen molar-refractivity contribution in [2.24, 2.45) is 0 Å². The van der Waals surface area contributed by atoms with E-state index in [-0.39, 0.29) is 12.0 Å². The maximum atomic E-state index is 13.0. The van der Waals surface area contributed by atoms with Gasteiger partial charge in [0.05, 0.1) is 29.3 Å². The molecule has 0 spiro atoms. The largest absolute Gasteiger partial charge is 0.463 e. The fourth-order valence-electron chi connectivity index (χ4n) is 3.74. The van der Waals surface area contributed by atoms with Gasteiger partial charge in [-0.05, 0) is 43.2 Å². The van der Waals surface area contributed by atoms with Crippen molar-refractivity contribution in [3.05, 3.63) is 70.4 Å². The quantitative estimate of drug-likeness (QED) is 0.594. The van der Waals surface area contributed by atoms with Crippen molar-refractivity contribution < 1.29 is 9.53 Å². The third-order valence-corrected chi connectivity index (χ3v) is 5.15. The molecule has 2 aromatic carbocycles. The van der Waals surface area contributed by atoms with Gasteiger partial charge in [-0.25, -0.2) is 9.78 Å². The van der Waals surface area contributed by atoms with E-state index >= 15 is 0 Å². The summed E-state index contributed by atoms with van der Waals surface area (Å²) < 4.78 is 7.51. The molecule has 0 amide bonds. The number of benzene rings is 2. The molecule has 1 N–H and O–H groups in total. The fourth-order valence-corrected chi connectivity index (χ4v) is 3.87. The third kappa shape index (κ3) is 3.16. The molecule has 6 heteroatoms. The molecule has 1 atom stereocenters. The predicted molar refractivity (Wildman–Crippen MR) is 112 cm³/mol. The number of nitrogens with one attached hydrogen (secondary N) is 1. The number of ether oxygens (including phenoxy) is 1. The van der Waals surface area contributed by atoms with Crippen molar-refractivity contribution in [1.82, 2.24) is 9.55 Å². The van der Waals surface area contributed by atoms with Crippen molar-refractivity contribution >= 4 is 34.6 Å². The number of aromatic nitrogens is 2. The van der Waals surface area contributed by atoms with Crippen molar-refractivity contribution in [3.63, 3.8) is 0 Å². The second-order valence-electron chi connectivity index (χ2n) is 6.74. The molecular formula is C22H22ClN3O2. The highest BCUT2D eigenvalue weighted by Gasteiger charge is 2.35. The average molecular weight is 396 g/mol. The van der Waals surface area contributed by atoms with E-state index in [1.165, 1.54) is 0 Å². The molecular weight excluding hydrogens is 374 g/mol. The molecule has 1 unspecified atom stereocenters. The van der Waals surface area contributed by atoms with Gasteiger partial charge >= 0.3 is 5.97 Å². The number of hydrogen-bond acceptors (Lipinski definition) is 4. The zero-order valence-electron chi connectivity index (χ0n) is 15.9. The summed E-state index contributed by atoms with van der Waals surface area (Å²) in [6.45, 7) is 4.24. The van der Waals surface area contributed by atoms with Gasteiger partial charge in [0.15, 0.2) is 0 Å². The normalized spacial score (nSPS) is 16.0. The van der Waals surface area contributed by atoms with Crippen LogP contribution in [0.15, 0.2) is 59.8 Å². The Hall–Kier alpha value is -2.79. The van der Waals surface area contributed by atoms with Gasteiger partial charge in [-0.15, -0.1) is 0 Å². The van der Waals surface area contributed by atoms with Crippen LogP contribution in [0.4, 0.5) is 5.95 Å². The Balaban J connectivity index is 1.98. The van der Waals surface area contributed by atoms with E-state index in [0.29, 0.717) is 17.2 Å². The summed E-state index contributed by atoms with van der Waals surface area (Å²) in [5.74, 6) is 0.430. The number of imidazole rings is 1. The van der Waals surface area contributed by atoms with E-state index in [1.807, 2.05) is 55.5 Å². The lowest BCUT2D eigenvalue weighted by atomic mass is 9.93. The average Bonchev–Trinajstić information content (AvgIpc) is 3.06. The van der Waals surface area contributed by atoms with Crippen LogP contribution in [0.1, 0.15) is 38.3 Å². The molecule has 3 aromatic rings. The number of nitrogens with zero attached hydrogens (tertiary/aromatic N) is 2. The van der Waals surface area contributed by atoms with Crippen molar-refractivity contribution in [1.29, 1.82) is 0 Å². The molecule has 1 aromatic heterocycles. The Kier molecular flexibility index (Phi) is 5.09. The van der Waals surface area contributed by atoms with Crippen LogP contribution in [0.2, 0.25) is 5.02 Å². The smallest absolute Gasteiger partial charge is 0.338 e. The second-order valence-corrected chi connectivity index (χ2v) is 7.17. The topological polar surface area (TPSA) is 56.2 Å². The molecule has 1 aliphatic heterocycles. The van der Waals surface area contributed by atoms with E-state index < -0.39 is 0 Å². The highest BCUT2D eigenvalue weighted by atomic mass is 35.5. The van der Waals surface area contributed by atoms with Gasteiger partial charge in [0.25, 0.3) is 0 Å². The summed E-state index contributed by atoms with van der Waals surface area (Å²) in [6.07, 6.45) is 1.64. The van der Waals surface area contributed by atoms with Gasteiger partial charge in [-0.2, -0.15) is 0 Å². The molecule has 0 saturated carbocycles. The molecule has 0 radical (unpaired) electrons. The fraction of sp³-hybridized carbons (Fsp3) is 0.273. The van der Waals surface area contributed by atoms with Crippen LogP contribution in [0.5, 0.6) is 0 Å². The zero-order valence-corrected chi connectivity index (χ0v) is 16.7. The number of para-hydroxylation sites is 2. The van der Waals surface area contributed by atoms with E-state index in [1.54, 1.807) is 0 Å². The third-order valence-electron chi connectivity index (χ3n) is 4.90. The van der Waals surface area contributed by atoms with Gasteiger partial charge in [-0.1, -0.05) is 49.2 Å². The SMILES string of the molecule is CCCC1=C(C(=O)OCC)C(c2ccc(Cl)cc2)n2c(nc3ccccc32)N1. The summed E-state index contributed by atoms with van der Waals surface area (Å²) in [6, 6.07) is 15.2. The Morgan fingerprint density at radius 2 is 1.93 bits per heavy atom. The Labute approximate surface area is 169 Å². The number of fused-ring (bicyclic) bond motifs is 3. The first-order chi connectivity index (χ1) is 13.6. The maximum absolute atomic E-state index is 13.0. The van der Waals surface area contributed by atoms with Crippen LogP contribution in [-0.2, 0) is 9.53 Å². The van der Waals surface area contributed by atoms with Gasteiger partial charge in [0.2, 0.25) is 5.95 Å². The molecule has 0 fully saturated rings. The number of esters is 1. The summed E-state index contributed by atoms with van der Waals surface area (Å²) in [7, 11) is 0. The van der Waals surface area contributed by atoms with E-state index in [9.17, 15) is 4.79 Å². The van der Waals surface area contributed by atoms with Gasteiger partial charge < -0.3 is 10.1 Å². The number of anilines is 1. The number of rotatable bonds is 5. The minimum atomic E-state index is -0.332. The first-order valence-electron chi connectivity index (χ1n) is 9.53. The second kappa shape index (κ2) is 7.68. The van der Waals surface area contributed by atoms with Crippen LogP contribution >= 0.6 is 11.6 Å². The maximum Gasteiger partial charge on any atom is 0.338 e. The van der Waals surface area contributed by atoms with Gasteiger partial charge in [0.1, 0.15) is 0 Å². The van der Waals surface area contributed by atoms with Gasteiger partial charge in [0, 0.05) is 10.7 Å². The van der Waals surface area contributed by atoms with Crippen LogP contribution in [0, 0.1) is 0 Å². The summed E-state index contributed by atoms with van der Waals surface area (Å²) in [4.78, 5) is 17.8. The van der Waals surface area contributed by atoms with E-state index in [2.05, 4.69) is 16.8 Å². The Bertz CT molecular complexity index is 1050. The van der Waals surface area contributed by atoms with Crippen LogP contribution in [0.25, 0.3) is 11.0 Å². The molecule has 0 aliphatic carbocycles. The minimum Gasteiger partial charge on any atom is -0.463 e. The molecule has 5 nitrogen and oxygen atoms in total. The molecule has 4 rings (SSSR count). The van der Waals surface area contributed by atoms with Crippen LogP contribution in [0.3, 0.4) is 0 Å². The van der Waals surface area contributed by atoms with E-state index in [4.69, 9.17) is 21.3 Å². The monoisotopic (exact) mass is 395 g/mol. The minimum absolute atomic E-state index is 0.304. The molecule has 28 heavy (non-hydrogen) atoms. The van der Waals surface area contributed by atoms with Crippen molar-refractivity contribution in [2.45, 2.75) is 32.7 Å². The first-order valence-corrected chi connectivity index (χ1v) is 9.91. The van der Waals surface area contributed by atoms with Crippen molar-refractivity contribution in [3.8, 4) is 0 Å².